The number of anilines is 1. The second kappa shape index (κ2) is 11.4. The third-order valence-electron chi connectivity index (χ3n) is 5.36. The Morgan fingerprint density at radius 1 is 1.03 bits per heavy atom. The van der Waals surface area contributed by atoms with Crippen molar-refractivity contribution in [2.45, 2.75) is 47.1 Å². The van der Waals surface area contributed by atoms with Gasteiger partial charge in [-0.2, -0.15) is 0 Å². The minimum atomic E-state index is -1.09. The Hall–Kier alpha value is -3.48. The van der Waals surface area contributed by atoms with Gasteiger partial charge in [0.1, 0.15) is 18.0 Å². The second-order valence-corrected chi connectivity index (χ2v) is 8.08. The lowest BCUT2D eigenvalue weighted by atomic mass is 9.90. The van der Waals surface area contributed by atoms with Crippen molar-refractivity contribution < 1.29 is 24.2 Å². The van der Waals surface area contributed by atoms with Crippen molar-refractivity contribution in [1.82, 2.24) is 5.32 Å². The first-order valence-corrected chi connectivity index (χ1v) is 11.0. The number of aliphatic carboxylic acids is 1. The molecule has 178 valence electrons. The molecule has 0 aliphatic heterocycles. The molecule has 2 rings (SSSR count). The number of carbonyl (C=O) groups is 2. The van der Waals surface area contributed by atoms with Crippen molar-refractivity contribution in [2.24, 2.45) is 0 Å². The fourth-order valence-corrected chi connectivity index (χ4v) is 3.84. The molecule has 2 aromatic rings. The quantitative estimate of drug-likeness (QED) is 0.446. The lowest BCUT2D eigenvalue weighted by molar-refractivity contribution is -0.137. The number of amides is 1. The number of carbonyl (C=O) groups excluding carboxylic acids is 1. The predicted octanol–water partition coefficient (Wildman–Crippen LogP) is 4.80. The van der Waals surface area contributed by atoms with Crippen LogP contribution in [0.2, 0.25) is 0 Å². The highest BCUT2D eigenvalue weighted by Gasteiger charge is 2.22. The van der Waals surface area contributed by atoms with E-state index < -0.39 is 18.4 Å². The van der Waals surface area contributed by atoms with Crippen LogP contribution in [-0.4, -0.2) is 43.8 Å². The summed E-state index contributed by atoms with van der Waals surface area (Å²) in [7, 11) is 3.22. The summed E-state index contributed by atoms with van der Waals surface area (Å²) in [6.07, 6.45) is 2.18. The van der Waals surface area contributed by atoms with Gasteiger partial charge in [-0.15, -0.1) is 0 Å². The molecule has 1 amide bonds. The minimum Gasteiger partial charge on any atom is -0.496 e. The smallest absolute Gasteiger partial charge is 0.322 e. The fraction of sp³-hybridized carbons (Fsp3) is 0.385. The molecule has 0 unspecified atom stereocenters. The van der Waals surface area contributed by atoms with E-state index in [2.05, 4.69) is 24.5 Å². The average Bonchev–Trinajstić information content (AvgIpc) is 2.77. The van der Waals surface area contributed by atoms with Gasteiger partial charge in [0.2, 0.25) is 5.91 Å². The maximum Gasteiger partial charge on any atom is 0.322 e. The van der Waals surface area contributed by atoms with Crippen molar-refractivity contribution in [3.63, 3.8) is 0 Å². The van der Waals surface area contributed by atoms with Gasteiger partial charge < -0.3 is 25.2 Å². The van der Waals surface area contributed by atoms with Crippen LogP contribution in [0.3, 0.4) is 0 Å². The molecule has 0 fully saturated rings. The summed E-state index contributed by atoms with van der Waals surface area (Å²) in [6, 6.07) is 8.49. The highest BCUT2D eigenvalue weighted by molar-refractivity contribution is 6.00. The number of methoxy groups -OCH3 is 2. The first kappa shape index (κ1) is 25.8. The Morgan fingerprint density at radius 3 is 2.12 bits per heavy atom. The summed E-state index contributed by atoms with van der Waals surface area (Å²) < 4.78 is 11.6. The van der Waals surface area contributed by atoms with Crippen molar-refractivity contribution >= 4 is 23.6 Å². The Bertz CT molecular complexity index is 1040. The van der Waals surface area contributed by atoms with E-state index in [1.807, 2.05) is 45.0 Å². The van der Waals surface area contributed by atoms with E-state index >= 15 is 0 Å². The van der Waals surface area contributed by atoms with E-state index in [0.29, 0.717) is 29.5 Å². The van der Waals surface area contributed by atoms with Gasteiger partial charge in [0, 0.05) is 39.6 Å². The van der Waals surface area contributed by atoms with E-state index in [0.717, 1.165) is 33.5 Å². The molecule has 0 saturated heterocycles. The number of benzene rings is 2. The van der Waals surface area contributed by atoms with Gasteiger partial charge in [-0.3, -0.25) is 9.59 Å². The molecule has 0 aliphatic carbocycles. The van der Waals surface area contributed by atoms with Gasteiger partial charge in [0.15, 0.2) is 0 Å². The van der Waals surface area contributed by atoms with Crippen LogP contribution < -0.4 is 20.1 Å². The van der Waals surface area contributed by atoms with Crippen molar-refractivity contribution in [3.05, 3.63) is 46.5 Å². The lowest BCUT2D eigenvalue weighted by Crippen LogP contribution is -2.30. The molecular formula is C26H34N2O5. The molecule has 0 saturated carbocycles. The van der Waals surface area contributed by atoms with Gasteiger partial charge in [-0.05, 0) is 57.9 Å². The second-order valence-electron chi connectivity index (χ2n) is 8.08. The SMILES string of the molecule is CCC(=Cc1c(C)c(OC)c(-c2ccc(NC(C)C)cc2)c(C)c1OC)C(=O)NCC(=O)O. The average molecular weight is 455 g/mol. The van der Waals surface area contributed by atoms with Crippen molar-refractivity contribution in [1.29, 1.82) is 0 Å². The van der Waals surface area contributed by atoms with Crippen molar-refractivity contribution in [3.8, 4) is 22.6 Å². The maximum atomic E-state index is 12.5. The lowest BCUT2D eigenvalue weighted by Gasteiger charge is -2.22. The summed E-state index contributed by atoms with van der Waals surface area (Å²) in [4.78, 5) is 23.3. The largest absolute Gasteiger partial charge is 0.496 e. The zero-order valence-electron chi connectivity index (χ0n) is 20.5. The molecule has 0 aromatic heterocycles. The van der Waals surface area contributed by atoms with Crippen molar-refractivity contribution in [2.75, 3.05) is 26.1 Å². The van der Waals surface area contributed by atoms with E-state index in [1.165, 1.54) is 0 Å². The number of ether oxygens (including phenoxy) is 2. The Kier molecular flexibility index (Phi) is 8.91. The van der Waals surface area contributed by atoms with Crippen LogP contribution in [0.25, 0.3) is 17.2 Å². The molecule has 0 aliphatic rings. The van der Waals surface area contributed by atoms with E-state index in [9.17, 15) is 9.59 Å². The fourth-order valence-electron chi connectivity index (χ4n) is 3.84. The summed E-state index contributed by atoms with van der Waals surface area (Å²) in [6.45, 7) is 9.48. The zero-order chi connectivity index (χ0) is 24.7. The molecule has 7 nitrogen and oxygen atoms in total. The summed E-state index contributed by atoms with van der Waals surface area (Å²) in [5.74, 6) is -0.172. The molecule has 0 radical (unpaired) electrons. The van der Waals surface area contributed by atoms with Crippen LogP contribution in [0.15, 0.2) is 29.8 Å². The Morgan fingerprint density at radius 2 is 1.64 bits per heavy atom. The summed E-state index contributed by atoms with van der Waals surface area (Å²) in [5, 5.41) is 14.7. The standard InChI is InChI=1S/C26H34N2O5/c1-8-18(26(31)27-14-22(29)30)13-21-16(4)25(33-7)23(17(5)24(21)32-6)19-9-11-20(12-10-19)28-15(2)3/h9-13,15,28H,8,14H2,1-7H3,(H,27,31)(H,29,30). The van der Waals surface area contributed by atoms with Crippen LogP contribution >= 0.6 is 0 Å². The number of nitrogens with one attached hydrogen (secondary N) is 2. The van der Waals surface area contributed by atoms with Gasteiger partial charge in [-0.1, -0.05) is 19.1 Å². The van der Waals surface area contributed by atoms with Crippen LogP contribution in [0.5, 0.6) is 11.5 Å². The molecule has 33 heavy (non-hydrogen) atoms. The highest BCUT2D eigenvalue weighted by atomic mass is 16.5. The van der Waals surface area contributed by atoms with E-state index in [4.69, 9.17) is 14.6 Å². The Labute approximate surface area is 195 Å². The molecule has 7 heteroatoms. The van der Waals surface area contributed by atoms with Crippen LogP contribution in [0.4, 0.5) is 5.69 Å². The monoisotopic (exact) mass is 454 g/mol. The predicted molar refractivity (Wildman–Crippen MR) is 132 cm³/mol. The number of hydrogen-bond donors (Lipinski definition) is 3. The molecule has 0 atom stereocenters. The Balaban J connectivity index is 2.63. The number of hydrogen-bond acceptors (Lipinski definition) is 5. The first-order valence-electron chi connectivity index (χ1n) is 11.0. The van der Waals surface area contributed by atoms with E-state index in [1.54, 1.807) is 20.3 Å². The first-order chi connectivity index (χ1) is 15.6. The molecule has 0 bridgehead atoms. The normalized spacial score (nSPS) is 11.3. The van der Waals surface area contributed by atoms with Gasteiger partial charge in [-0.25, -0.2) is 0 Å². The van der Waals surface area contributed by atoms with Gasteiger partial charge in [0.25, 0.3) is 0 Å². The summed E-state index contributed by atoms with van der Waals surface area (Å²) >= 11 is 0. The molecule has 2 aromatic carbocycles. The zero-order valence-corrected chi connectivity index (χ0v) is 20.5. The molecule has 0 heterocycles. The van der Waals surface area contributed by atoms with Crippen LogP contribution in [-0.2, 0) is 9.59 Å². The number of rotatable bonds is 10. The summed E-state index contributed by atoms with van der Waals surface area (Å²) in [5.41, 5.74) is 5.85. The number of carboxylic acid groups (broad SMARTS) is 1. The molecule has 3 N–H and O–H groups in total. The topological polar surface area (TPSA) is 96.9 Å². The van der Waals surface area contributed by atoms with Gasteiger partial charge >= 0.3 is 5.97 Å². The third kappa shape index (κ3) is 6.06. The highest BCUT2D eigenvalue weighted by Crippen LogP contribution is 2.45. The minimum absolute atomic E-state index is 0.334. The van der Waals surface area contributed by atoms with Crippen LogP contribution in [0, 0.1) is 13.8 Å². The van der Waals surface area contributed by atoms with E-state index in [-0.39, 0.29) is 0 Å². The molecular weight excluding hydrogens is 420 g/mol. The number of carboxylic acids is 1. The van der Waals surface area contributed by atoms with Crippen LogP contribution in [0.1, 0.15) is 43.9 Å². The third-order valence-corrected chi connectivity index (χ3v) is 5.36. The molecule has 0 spiro atoms. The maximum absolute atomic E-state index is 12.5. The van der Waals surface area contributed by atoms with Gasteiger partial charge in [0.05, 0.1) is 14.2 Å².